The first-order chi connectivity index (χ1) is 18.1. The van der Waals surface area contributed by atoms with E-state index in [0.29, 0.717) is 47.3 Å². The molecule has 1 amide bonds. The number of carbonyl (C=O) groups is 1. The first-order valence-electron chi connectivity index (χ1n) is 11.8. The summed E-state index contributed by atoms with van der Waals surface area (Å²) in [5.74, 6) is -0.401. The fourth-order valence-corrected chi connectivity index (χ4v) is 4.39. The monoisotopic (exact) mass is 520 g/mol. The number of benzene rings is 3. The zero-order valence-corrected chi connectivity index (χ0v) is 20.2. The lowest BCUT2D eigenvalue weighted by molar-refractivity contribution is -0.384. The highest BCUT2D eigenvalue weighted by atomic mass is 19.4. The summed E-state index contributed by atoms with van der Waals surface area (Å²) < 4.78 is 38.6. The van der Waals surface area contributed by atoms with Crippen molar-refractivity contribution in [2.75, 3.05) is 13.1 Å². The summed E-state index contributed by atoms with van der Waals surface area (Å²) in [6, 6.07) is 19.9. The van der Waals surface area contributed by atoms with E-state index >= 15 is 0 Å². The van der Waals surface area contributed by atoms with Gasteiger partial charge in [-0.3, -0.25) is 19.8 Å². The molecule has 0 fully saturated rings. The molecule has 0 unspecified atom stereocenters. The topological polar surface area (TPSA) is 99.3 Å². The Kier molecular flexibility index (Phi) is 7.88. The van der Waals surface area contributed by atoms with E-state index in [1.807, 2.05) is 11.0 Å². The van der Waals surface area contributed by atoms with Crippen molar-refractivity contribution in [1.82, 2.24) is 10.2 Å². The second kappa shape index (κ2) is 11.3. The van der Waals surface area contributed by atoms with Gasteiger partial charge in [0.1, 0.15) is 0 Å². The van der Waals surface area contributed by atoms with Crippen LogP contribution in [0.2, 0.25) is 0 Å². The Morgan fingerprint density at radius 1 is 1.05 bits per heavy atom. The number of non-ortho nitro benzene ring substituents is 1. The zero-order valence-electron chi connectivity index (χ0n) is 20.2. The Bertz CT molecular complexity index is 1430. The highest BCUT2D eigenvalue weighted by Gasteiger charge is 2.30. The fraction of sp³-hybridized carbons (Fsp3) is 0.214. The van der Waals surface area contributed by atoms with Gasteiger partial charge >= 0.3 is 6.18 Å². The molecule has 1 aliphatic rings. The lowest BCUT2D eigenvalue weighted by Gasteiger charge is -2.30. The maximum atomic E-state index is 13.3. The molecule has 3 aromatic carbocycles. The highest BCUT2D eigenvalue weighted by molar-refractivity contribution is 6.02. The first kappa shape index (κ1) is 26.6. The minimum Gasteiger partial charge on any atom is -0.348 e. The van der Waals surface area contributed by atoms with Gasteiger partial charge in [0.25, 0.3) is 5.69 Å². The molecule has 0 aromatic heterocycles. The molecule has 0 bridgehead atoms. The molecule has 1 heterocycles. The Hall–Kier alpha value is -4.49. The number of alkyl halides is 3. The molecular formula is C28H23F3N4O3. The fourth-order valence-electron chi connectivity index (χ4n) is 4.39. The lowest BCUT2D eigenvalue weighted by Crippen LogP contribution is -2.37. The summed E-state index contributed by atoms with van der Waals surface area (Å²) in [5.41, 5.74) is 2.77. The van der Waals surface area contributed by atoms with E-state index in [4.69, 9.17) is 0 Å². The molecule has 194 valence electrons. The number of hydrogen-bond acceptors (Lipinski definition) is 5. The molecular weight excluding hydrogens is 497 g/mol. The maximum Gasteiger partial charge on any atom is 0.416 e. The number of hydrogen-bond donors (Lipinski definition) is 1. The van der Waals surface area contributed by atoms with Crippen LogP contribution in [-0.2, 0) is 24.1 Å². The molecule has 4 rings (SSSR count). The number of rotatable bonds is 7. The predicted molar refractivity (Wildman–Crippen MR) is 134 cm³/mol. The number of nitrogens with one attached hydrogen (secondary N) is 1. The summed E-state index contributed by atoms with van der Waals surface area (Å²) in [6.07, 6.45) is -3.99. The van der Waals surface area contributed by atoms with Crippen LogP contribution < -0.4 is 5.32 Å². The quantitative estimate of drug-likeness (QED) is 0.329. The van der Waals surface area contributed by atoms with Crippen LogP contribution in [0.5, 0.6) is 0 Å². The first-order valence-corrected chi connectivity index (χ1v) is 11.8. The molecule has 0 atom stereocenters. The van der Waals surface area contributed by atoms with E-state index < -0.39 is 22.6 Å². The van der Waals surface area contributed by atoms with Gasteiger partial charge in [-0.2, -0.15) is 18.4 Å². The van der Waals surface area contributed by atoms with E-state index in [2.05, 4.69) is 11.4 Å². The van der Waals surface area contributed by atoms with Crippen LogP contribution in [0.4, 0.5) is 18.9 Å². The average Bonchev–Trinajstić information content (AvgIpc) is 2.91. The van der Waals surface area contributed by atoms with Gasteiger partial charge in [-0.1, -0.05) is 36.4 Å². The Balaban J connectivity index is 1.58. The highest BCUT2D eigenvalue weighted by Crippen LogP contribution is 2.31. The van der Waals surface area contributed by atoms with Crippen LogP contribution in [0, 0.1) is 21.4 Å². The summed E-state index contributed by atoms with van der Waals surface area (Å²) in [6.45, 7) is 1.36. The van der Waals surface area contributed by atoms with Gasteiger partial charge in [0.15, 0.2) is 0 Å². The van der Waals surface area contributed by atoms with Crippen molar-refractivity contribution in [3.05, 3.63) is 116 Å². The van der Waals surface area contributed by atoms with E-state index in [1.54, 1.807) is 30.3 Å². The molecule has 1 N–H and O–H groups in total. The standard InChI is InChI=1S/C28H23F3N4O3/c29-28(30,31)23-9-7-19(8-10-23)16-33-27(36)26-18-34(17-21-4-1-3-20(13-21)15-32)12-11-25(26)22-5-2-6-24(14-22)35(37)38/h1-10,13-14H,11-12,16-18H2,(H,33,36). The number of halogens is 3. The predicted octanol–water partition coefficient (Wildman–Crippen LogP) is 5.46. The van der Waals surface area contributed by atoms with Gasteiger partial charge in [-0.05, 0) is 52.9 Å². The maximum absolute atomic E-state index is 13.3. The van der Waals surface area contributed by atoms with Gasteiger partial charge < -0.3 is 5.32 Å². The third kappa shape index (κ3) is 6.44. The van der Waals surface area contributed by atoms with Crippen molar-refractivity contribution in [3.63, 3.8) is 0 Å². The van der Waals surface area contributed by atoms with Crippen LogP contribution in [0.15, 0.2) is 78.4 Å². The SMILES string of the molecule is N#Cc1cccc(CN2CCC(c3cccc([N+](=O)[O-])c3)=C(C(=O)NCc3ccc(C(F)(F)F)cc3)C2)c1. The van der Waals surface area contributed by atoms with Gasteiger partial charge in [-0.25, -0.2) is 0 Å². The molecule has 0 saturated heterocycles. The summed E-state index contributed by atoms with van der Waals surface area (Å²) in [7, 11) is 0. The third-order valence-electron chi connectivity index (χ3n) is 6.30. The number of amides is 1. The van der Waals surface area contributed by atoms with E-state index in [9.17, 15) is 33.3 Å². The number of nitrogens with zero attached hydrogens (tertiary/aromatic N) is 3. The van der Waals surface area contributed by atoms with Gasteiger partial charge in [0, 0.05) is 43.9 Å². The van der Waals surface area contributed by atoms with Crippen LogP contribution >= 0.6 is 0 Å². The van der Waals surface area contributed by atoms with Crippen molar-refractivity contribution in [2.45, 2.75) is 25.7 Å². The molecule has 0 spiro atoms. The van der Waals surface area contributed by atoms with Gasteiger partial charge in [0.05, 0.1) is 22.1 Å². The molecule has 0 saturated carbocycles. The molecule has 3 aromatic rings. The molecule has 1 aliphatic heterocycles. The largest absolute Gasteiger partial charge is 0.416 e. The van der Waals surface area contributed by atoms with E-state index in [-0.39, 0.29) is 18.8 Å². The zero-order chi connectivity index (χ0) is 27.3. The minimum absolute atomic E-state index is 0.0207. The second-order valence-corrected chi connectivity index (χ2v) is 8.91. The van der Waals surface area contributed by atoms with Crippen molar-refractivity contribution in [1.29, 1.82) is 5.26 Å². The number of carbonyl (C=O) groups excluding carboxylic acids is 1. The van der Waals surface area contributed by atoms with Crippen molar-refractivity contribution >= 4 is 17.2 Å². The van der Waals surface area contributed by atoms with Crippen LogP contribution in [0.3, 0.4) is 0 Å². The molecule has 0 aliphatic carbocycles. The Morgan fingerprint density at radius 2 is 1.79 bits per heavy atom. The van der Waals surface area contributed by atoms with E-state index in [0.717, 1.165) is 17.7 Å². The number of nitro benzene ring substituents is 1. The lowest BCUT2D eigenvalue weighted by atomic mass is 9.92. The normalized spacial score (nSPS) is 14.2. The summed E-state index contributed by atoms with van der Waals surface area (Å²) >= 11 is 0. The average molecular weight is 521 g/mol. The van der Waals surface area contributed by atoms with Gasteiger partial charge in [-0.15, -0.1) is 0 Å². The van der Waals surface area contributed by atoms with Crippen LogP contribution in [0.25, 0.3) is 5.57 Å². The molecule has 0 radical (unpaired) electrons. The molecule has 38 heavy (non-hydrogen) atoms. The van der Waals surface area contributed by atoms with Crippen LogP contribution in [-0.4, -0.2) is 28.8 Å². The Labute approximate surface area is 217 Å². The van der Waals surface area contributed by atoms with Gasteiger partial charge in [0.2, 0.25) is 5.91 Å². The minimum atomic E-state index is -4.45. The Morgan fingerprint density at radius 3 is 2.47 bits per heavy atom. The molecule has 7 nitrogen and oxygen atoms in total. The second-order valence-electron chi connectivity index (χ2n) is 8.91. The van der Waals surface area contributed by atoms with E-state index in [1.165, 1.54) is 24.3 Å². The van der Waals surface area contributed by atoms with Crippen molar-refractivity contribution < 1.29 is 22.9 Å². The number of nitriles is 1. The molecule has 10 heteroatoms. The summed E-state index contributed by atoms with van der Waals surface area (Å²) in [5, 5.41) is 23.3. The number of nitro groups is 1. The third-order valence-corrected chi connectivity index (χ3v) is 6.30. The van der Waals surface area contributed by atoms with Crippen molar-refractivity contribution in [2.24, 2.45) is 0 Å². The smallest absolute Gasteiger partial charge is 0.348 e. The van der Waals surface area contributed by atoms with Crippen molar-refractivity contribution in [3.8, 4) is 6.07 Å². The summed E-state index contributed by atoms with van der Waals surface area (Å²) in [4.78, 5) is 26.2. The van der Waals surface area contributed by atoms with Crippen LogP contribution in [0.1, 0.15) is 34.2 Å².